The van der Waals surface area contributed by atoms with E-state index in [1.54, 1.807) is 0 Å². The molecule has 2 saturated heterocycles. The first-order chi connectivity index (χ1) is 26.1. The first-order valence-electron chi connectivity index (χ1n) is 17.8. The lowest BCUT2D eigenvalue weighted by molar-refractivity contribution is 0.00406. The van der Waals surface area contributed by atoms with Crippen LogP contribution in [0.5, 0.6) is 0 Å². The number of hydrogen-bond acceptors (Lipinski definition) is 20. The molecular formula is C24H48Cl4N10O10P6. The van der Waals surface area contributed by atoms with Gasteiger partial charge >= 0.3 is 0 Å². The van der Waals surface area contributed by atoms with Gasteiger partial charge in [-0.15, -0.1) is 0 Å². The van der Waals surface area contributed by atoms with Crippen molar-refractivity contribution in [3.8, 4) is 0 Å². The van der Waals surface area contributed by atoms with Crippen LogP contribution in [0.25, 0.3) is 0 Å². The fourth-order valence-corrected chi connectivity index (χ4v) is 32.4. The number of hydrogen-bond donors (Lipinski definition) is 0. The van der Waals surface area contributed by atoms with E-state index in [2.05, 4.69) is 18.7 Å². The van der Waals surface area contributed by atoms with Crippen LogP contribution in [0.4, 0.5) is 0 Å². The standard InChI is InChI=1S/C24H48Cl4N10O10P6/c25-49(26)29-51-33-53(31-49,47-23-19-43-15-11-39-9-13-41-17-21-45-51)37-5-7-38(8-6-37)54-32-50(27,28)30-52(34-54,36-2-1-35(51)3-4-36)46-22-18-42-14-10-40-12-16-44-20-24-48-54/h1-24H2. The minimum absolute atomic E-state index is 0.197. The van der Waals surface area contributed by atoms with Crippen LogP contribution in [0, 0.1) is 0 Å². The minimum atomic E-state index is -3.37. The Labute approximate surface area is 335 Å². The molecule has 0 aliphatic carbocycles. The Morgan fingerprint density at radius 3 is 0.722 bits per heavy atom. The topological polar surface area (TPSA) is 179 Å². The van der Waals surface area contributed by atoms with Crippen LogP contribution in [0.2, 0.25) is 0 Å². The van der Waals surface area contributed by atoms with Gasteiger partial charge in [0.25, 0.3) is 42.2 Å². The molecule has 0 aromatic carbocycles. The number of halogens is 4. The molecule has 30 heteroatoms. The van der Waals surface area contributed by atoms with Gasteiger partial charge in [0.1, 0.15) is 0 Å². The summed E-state index contributed by atoms with van der Waals surface area (Å²) in [5.41, 5.74) is 0. The summed E-state index contributed by atoms with van der Waals surface area (Å²) in [6.45, 7) is 8.67. The fraction of sp³-hybridized carbons (Fsp3) is 1.00. The Morgan fingerprint density at radius 1 is 0.278 bits per heavy atom. The van der Waals surface area contributed by atoms with Gasteiger partial charge in [-0.1, -0.05) is 0 Å². The van der Waals surface area contributed by atoms with Crippen molar-refractivity contribution in [3.05, 3.63) is 0 Å². The Kier molecular flexibility index (Phi) is 16.1. The Morgan fingerprint density at radius 2 is 0.481 bits per heavy atom. The lowest BCUT2D eigenvalue weighted by Gasteiger charge is -2.48. The minimum Gasteiger partial charge on any atom is -0.377 e. The first kappa shape index (κ1) is 44.0. The number of ether oxygens (including phenoxy) is 6. The van der Waals surface area contributed by atoms with E-state index in [1.165, 1.54) is 0 Å². The molecule has 4 unspecified atom stereocenters. The highest BCUT2D eigenvalue weighted by molar-refractivity contribution is 8.13. The van der Waals surface area contributed by atoms with Crippen molar-refractivity contribution in [2.24, 2.45) is 27.1 Å². The smallest absolute Gasteiger partial charge is 0.282 e. The second-order valence-corrected chi connectivity index (χ2v) is 32.5. The molecule has 10 aliphatic rings. The molecule has 0 radical (unpaired) electrons. The summed E-state index contributed by atoms with van der Waals surface area (Å²) >= 11 is 28.5. The van der Waals surface area contributed by atoms with Crippen molar-refractivity contribution in [1.82, 2.24) is 18.7 Å². The molecule has 10 heterocycles. The van der Waals surface area contributed by atoms with Crippen molar-refractivity contribution in [1.29, 1.82) is 0 Å². The molecule has 10 aliphatic heterocycles. The van der Waals surface area contributed by atoms with Crippen molar-refractivity contribution in [2.75, 3.05) is 158 Å². The van der Waals surface area contributed by atoms with Crippen LogP contribution < -0.4 is 0 Å². The summed E-state index contributed by atoms with van der Waals surface area (Å²) in [4.78, 5) is 0. The number of rotatable bonds is 0. The summed E-state index contributed by atoms with van der Waals surface area (Å²) in [5.74, 6) is -6.73. The van der Waals surface area contributed by atoms with E-state index in [9.17, 15) is 0 Å². The lowest BCUT2D eigenvalue weighted by atomic mass is 10.4. The molecule has 0 spiro atoms. The predicted octanol–water partition coefficient (Wildman–Crippen LogP) is 8.09. The van der Waals surface area contributed by atoms with E-state index >= 15 is 0 Å². The molecule has 0 saturated carbocycles. The molecule has 2 fully saturated rings. The molecule has 0 amide bonds. The molecule has 54 heavy (non-hydrogen) atoms. The molecule has 20 nitrogen and oxygen atoms in total. The average Bonchev–Trinajstić information content (AvgIpc) is 3.13. The zero-order valence-corrected chi connectivity index (χ0v) is 38.1. The van der Waals surface area contributed by atoms with Gasteiger partial charge in [0.2, 0.25) is 0 Å². The number of nitrogens with zero attached hydrogens (tertiary/aromatic N) is 10. The van der Waals surface area contributed by atoms with Crippen molar-refractivity contribution in [2.45, 2.75) is 0 Å². The maximum absolute atomic E-state index is 7.11. The van der Waals surface area contributed by atoms with E-state index in [0.29, 0.717) is 105 Å². The van der Waals surface area contributed by atoms with Crippen molar-refractivity contribution < 1.29 is 46.5 Å². The van der Waals surface area contributed by atoms with Gasteiger partial charge in [0.05, 0.1) is 106 Å². The second kappa shape index (κ2) is 19.8. The average molecular weight is 964 g/mol. The van der Waals surface area contributed by atoms with Gasteiger partial charge in [0.15, 0.2) is 0 Å². The predicted molar refractivity (Wildman–Crippen MR) is 215 cm³/mol. The SMILES string of the molecule is ClP1(Cl)=NP23=NP(=N1)(OCCOCCOCCOCCO2)N1CCN(CC1)P12=NP(Cl)(Cl)=NP(=N1)(OCCOCCOCCOCCO2)N1CCN3CC1. The lowest BCUT2D eigenvalue weighted by Crippen LogP contribution is -2.45. The van der Waals surface area contributed by atoms with E-state index in [0.717, 1.165) is 0 Å². The third-order valence-corrected chi connectivity index (χ3v) is 31.2. The van der Waals surface area contributed by atoms with Gasteiger partial charge in [-0.3, -0.25) is 0 Å². The van der Waals surface area contributed by atoms with Crippen LogP contribution >= 0.6 is 87.1 Å². The van der Waals surface area contributed by atoms with E-state index in [1.807, 2.05) is 0 Å². The summed E-state index contributed by atoms with van der Waals surface area (Å²) in [6.07, 6.45) is 0. The van der Waals surface area contributed by atoms with Gasteiger partial charge in [-0.2, -0.15) is 27.1 Å². The quantitative estimate of drug-likeness (QED) is 0.213. The molecule has 4 atom stereocenters. The Bertz CT molecular complexity index is 1480. The zero-order valence-electron chi connectivity index (χ0n) is 29.7. The summed E-state index contributed by atoms with van der Waals surface area (Å²) < 4.78 is 101. The van der Waals surface area contributed by atoms with Crippen LogP contribution in [-0.2, 0) is 46.5 Å². The molecular weight excluding hydrogens is 916 g/mol. The van der Waals surface area contributed by atoms with Gasteiger partial charge in [0, 0.05) is 52.4 Å². The molecule has 0 N–H and O–H groups in total. The molecule has 8 bridgehead atoms. The van der Waals surface area contributed by atoms with Crippen LogP contribution in [0.15, 0.2) is 27.1 Å². The Hall–Kier alpha value is 1.98. The number of piperazine rings is 2. The molecule has 10 rings (SSSR count). The Balaban J connectivity index is 1.33. The highest BCUT2D eigenvalue weighted by Gasteiger charge is 2.51. The molecule has 0 aromatic rings. The van der Waals surface area contributed by atoms with Crippen molar-refractivity contribution in [3.63, 3.8) is 0 Å². The second-order valence-electron chi connectivity index (χ2n) is 12.3. The summed E-state index contributed by atoms with van der Waals surface area (Å²) in [6, 6.07) is 0. The van der Waals surface area contributed by atoms with Crippen molar-refractivity contribution >= 4 is 87.1 Å². The van der Waals surface area contributed by atoms with Gasteiger partial charge < -0.3 is 46.5 Å². The van der Waals surface area contributed by atoms with Crippen LogP contribution in [-0.4, -0.2) is 177 Å². The molecule has 312 valence electrons. The van der Waals surface area contributed by atoms with E-state index in [4.69, 9.17) is 119 Å². The van der Waals surface area contributed by atoms with E-state index in [-0.39, 0.29) is 52.9 Å². The largest absolute Gasteiger partial charge is 0.377 e. The third kappa shape index (κ3) is 10.9. The van der Waals surface area contributed by atoms with Gasteiger partial charge in [-0.25, -0.2) is 18.7 Å². The maximum Gasteiger partial charge on any atom is 0.282 e. The van der Waals surface area contributed by atoms with Crippen LogP contribution in [0.1, 0.15) is 0 Å². The third-order valence-electron chi connectivity index (χ3n) is 8.76. The normalized spacial score (nSPS) is 42.9. The monoisotopic (exact) mass is 962 g/mol. The summed E-state index contributed by atoms with van der Waals surface area (Å²) in [7, 11) is -13.2. The highest BCUT2D eigenvalue weighted by Crippen LogP contribution is 2.86. The molecule has 0 aromatic heterocycles. The van der Waals surface area contributed by atoms with Gasteiger partial charge in [-0.05, 0) is 45.0 Å². The zero-order chi connectivity index (χ0) is 37.6. The highest BCUT2D eigenvalue weighted by atomic mass is 35.9. The summed E-state index contributed by atoms with van der Waals surface area (Å²) in [5, 5.41) is 0. The maximum atomic E-state index is 7.11. The van der Waals surface area contributed by atoms with Crippen LogP contribution in [0.3, 0.4) is 0 Å². The first-order valence-corrected chi connectivity index (χ1v) is 31.0. The fourth-order valence-electron chi connectivity index (χ4n) is 6.33. The van der Waals surface area contributed by atoms with E-state index < -0.39 is 42.2 Å².